The van der Waals surface area contributed by atoms with E-state index in [4.69, 9.17) is 9.47 Å². The van der Waals surface area contributed by atoms with E-state index in [2.05, 4.69) is 10.6 Å². The van der Waals surface area contributed by atoms with Crippen molar-refractivity contribution < 1.29 is 19.1 Å². The molecule has 132 valence electrons. The molecule has 0 saturated carbocycles. The lowest BCUT2D eigenvalue weighted by atomic mass is 10.1. The molecule has 6 heteroatoms. The molecule has 0 spiro atoms. The van der Waals surface area contributed by atoms with E-state index in [0.717, 1.165) is 16.8 Å². The molecule has 0 heterocycles. The molecule has 25 heavy (non-hydrogen) atoms. The van der Waals surface area contributed by atoms with E-state index in [9.17, 15) is 9.59 Å². The number of methoxy groups -OCH3 is 2. The lowest BCUT2D eigenvalue weighted by Crippen LogP contribution is -2.22. The molecule has 2 rings (SSSR count). The second-order valence-electron chi connectivity index (χ2n) is 5.61. The quantitative estimate of drug-likeness (QED) is 0.790. The Hall–Kier alpha value is -3.02. The minimum absolute atomic E-state index is 0.297. The molecule has 2 N–H and O–H groups in total. The van der Waals surface area contributed by atoms with Crippen LogP contribution in [0.25, 0.3) is 0 Å². The van der Waals surface area contributed by atoms with Gasteiger partial charge in [-0.05, 0) is 37.1 Å². The first kappa shape index (κ1) is 18.3. The van der Waals surface area contributed by atoms with Crippen LogP contribution in [0.4, 0.5) is 11.4 Å². The van der Waals surface area contributed by atoms with Crippen LogP contribution in [0.2, 0.25) is 0 Å². The third-order valence-electron chi connectivity index (χ3n) is 3.75. The molecule has 0 aliphatic rings. The van der Waals surface area contributed by atoms with Crippen LogP contribution >= 0.6 is 0 Å². The second kappa shape index (κ2) is 8.19. The Kier molecular flexibility index (Phi) is 6.00. The van der Waals surface area contributed by atoms with Crippen molar-refractivity contribution in [1.29, 1.82) is 0 Å². The van der Waals surface area contributed by atoms with Gasteiger partial charge in [0.2, 0.25) is 11.8 Å². The summed E-state index contributed by atoms with van der Waals surface area (Å²) in [6, 6.07) is 10.8. The number of ether oxygens (including phenoxy) is 2. The largest absolute Gasteiger partial charge is 0.497 e. The van der Waals surface area contributed by atoms with E-state index in [1.165, 1.54) is 14.2 Å². The molecule has 6 nitrogen and oxygen atoms in total. The fourth-order valence-electron chi connectivity index (χ4n) is 2.45. The first-order chi connectivity index (χ1) is 11.9. The Morgan fingerprint density at radius 1 is 0.920 bits per heavy atom. The summed E-state index contributed by atoms with van der Waals surface area (Å²) in [7, 11) is 3.04. The molecule has 0 saturated heterocycles. The third-order valence-corrected chi connectivity index (χ3v) is 3.75. The third kappa shape index (κ3) is 4.73. The highest BCUT2D eigenvalue weighted by atomic mass is 16.5. The molecule has 0 bridgehead atoms. The summed E-state index contributed by atoms with van der Waals surface area (Å²) in [6.45, 7) is 3.81. The van der Waals surface area contributed by atoms with Crippen LogP contribution < -0.4 is 20.1 Å². The number of para-hydroxylation sites is 1. The maximum absolute atomic E-state index is 12.2. The van der Waals surface area contributed by atoms with Gasteiger partial charge in [0.25, 0.3) is 0 Å². The summed E-state index contributed by atoms with van der Waals surface area (Å²) in [5, 5.41) is 5.47. The smallest absolute Gasteiger partial charge is 0.233 e. The van der Waals surface area contributed by atoms with Crippen molar-refractivity contribution in [1.82, 2.24) is 0 Å². The minimum Gasteiger partial charge on any atom is -0.497 e. The van der Waals surface area contributed by atoms with E-state index >= 15 is 0 Å². The number of carbonyl (C=O) groups excluding carboxylic acids is 2. The molecule has 0 aliphatic carbocycles. The van der Waals surface area contributed by atoms with Gasteiger partial charge < -0.3 is 20.1 Å². The molecule has 0 unspecified atom stereocenters. The standard InChI is InChI=1S/C19H22N2O4/c1-12-6-5-7-13(2)19(12)21-18(23)11-17(22)20-15-10-14(24-3)8-9-16(15)25-4/h5-10H,11H2,1-4H3,(H,20,22)(H,21,23). The Bertz CT molecular complexity index is 767. The van der Waals surface area contributed by atoms with Crippen LogP contribution in [-0.4, -0.2) is 26.0 Å². The van der Waals surface area contributed by atoms with Crippen LogP contribution in [0.3, 0.4) is 0 Å². The lowest BCUT2D eigenvalue weighted by molar-refractivity contribution is -0.123. The Morgan fingerprint density at radius 2 is 1.56 bits per heavy atom. The predicted octanol–water partition coefficient (Wildman–Crippen LogP) is 3.29. The Morgan fingerprint density at radius 3 is 2.16 bits per heavy atom. The van der Waals surface area contributed by atoms with Crippen LogP contribution in [0, 0.1) is 13.8 Å². The van der Waals surface area contributed by atoms with Gasteiger partial charge in [0.15, 0.2) is 0 Å². The zero-order valence-corrected chi connectivity index (χ0v) is 14.8. The van der Waals surface area contributed by atoms with E-state index in [0.29, 0.717) is 17.2 Å². The summed E-state index contributed by atoms with van der Waals surface area (Å²) >= 11 is 0. The summed E-state index contributed by atoms with van der Waals surface area (Å²) < 4.78 is 10.3. The molecule has 2 aromatic rings. The molecule has 0 aromatic heterocycles. The Balaban J connectivity index is 2.04. The van der Waals surface area contributed by atoms with Crippen LogP contribution in [0.1, 0.15) is 17.5 Å². The zero-order chi connectivity index (χ0) is 18.4. The fourth-order valence-corrected chi connectivity index (χ4v) is 2.45. The minimum atomic E-state index is -0.435. The molecule has 2 amide bonds. The highest BCUT2D eigenvalue weighted by Crippen LogP contribution is 2.29. The molecule has 0 fully saturated rings. The van der Waals surface area contributed by atoms with Crippen molar-refractivity contribution in [2.75, 3.05) is 24.9 Å². The highest BCUT2D eigenvalue weighted by Gasteiger charge is 2.14. The van der Waals surface area contributed by atoms with Crippen molar-refractivity contribution in [3.8, 4) is 11.5 Å². The summed E-state index contributed by atoms with van der Waals surface area (Å²) in [6.07, 6.45) is -0.297. The maximum atomic E-state index is 12.2. The van der Waals surface area contributed by atoms with E-state index < -0.39 is 5.91 Å². The number of hydrogen-bond acceptors (Lipinski definition) is 4. The van der Waals surface area contributed by atoms with Gasteiger partial charge in [-0.2, -0.15) is 0 Å². The molecule has 0 aliphatic heterocycles. The number of hydrogen-bond donors (Lipinski definition) is 2. The molecule has 0 atom stereocenters. The van der Waals surface area contributed by atoms with Crippen molar-refractivity contribution in [2.45, 2.75) is 20.3 Å². The molecular formula is C19H22N2O4. The number of rotatable bonds is 6. The lowest BCUT2D eigenvalue weighted by Gasteiger charge is -2.13. The topological polar surface area (TPSA) is 76.7 Å². The van der Waals surface area contributed by atoms with Crippen LogP contribution in [0.15, 0.2) is 36.4 Å². The molecule has 2 aromatic carbocycles. The van der Waals surface area contributed by atoms with Gasteiger partial charge in [-0.1, -0.05) is 18.2 Å². The van der Waals surface area contributed by atoms with Crippen molar-refractivity contribution in [3.05, 3.63) is 47.5 Å². The highest BCUT2D eigenvalue weighted by molar-refractivity contribution is 6.08. The van der Waals surface area contributed by atoms with Crippen molar-refractivity contribution in [3.63, 3.8) is 0 Å². The first-order valence-corrected chi connectivity index (χ1v) is 7.82. The monoisotopic (exact) mass is 342 g/mol. The van der Waals surface area contributed by atoms with E-state index in [1.54, 1.807) is 18.2 Å². The zero-order valence-electron chi connectivity index (χ0n) is 14.8. The van der Waals surface area contributed by atoms with Gasteiger partial charge in [0.1, 0.15) is 17.9 Å². The normalized spacial score (nSPS) is 10.1. The number of nitrogens with one attached hydrogen (secondary N) is 2. The second-order valence-corrected chi connectivity index (χ2v) is 5.61. The van der Waals surface area contributed by atoms with Gasteiger partial charge >= 0.3 is 0 Å². The molecule has 0 radical (unpaired) electrons. The first-order valence-electron chi connectivity index (χ1n) is 7.82. The van der Waals surface area contributed by atoms with Crippen LogP contribution in [-0.2, 0) is 9.59 Å². The maximum Gasteiger partial charge on any atom is 0.233 e. The summed E-state index contributed by atoms with van der Waals surface area (Å²) in [4.78, 5) is 24.3. The van der Waals surface area contributed by atoms with Gasteiger partial charge in [0, 0.05) is 11.8 Å². The van der Waals surface area contributed by atoms with Crippen LogP contribution in [0.5, 0.6) is 11.5 Å². The van der Waals surface area contributed by atoms with Gasteiger partial charge in [-0.15, -0.1) is 0 Å². The number of carbonyl (C=O) groups is 2. The average Bonchev–Trinajstić information content (AvgIpc) is 2.58. The van der Waals surface area contributed by atoms with Crippen molar-refractivity contribution >= 4 is 23.2 Å². The van der Waals surface area contributed by atoms with Crippen molar-refractivity contribution in [2.24, 2.45) is 0 Å². The SMILES string of the molecule is COc1ccc(OC)c(NC(=O)CC(=O)Nc2c(C)cccc2C)c1. The number of anilines is 2. The number of amides is 2. The van der Waals surface area contributed by atoms with E-state index in [-0.39, 0.29) is 12.3 Å². The van der Waals surface area contributed by atoms with Gasteiger partial charge in [-0.3, -0.25) is 9.59 Å². The fraction of sp³-hybridized carbons (Fsp3) is 0.263. The van der Waals surface area contributed by atoms with Gasteiger partial charge in [0.05, 0.1) is 19.9 Å². The summed E-state index contributed by atoms with van der Waals surface area (Å²) in [5.41, 5.74) is 3.08. The van der Waals surface area contributed by atoms with Gasteiger partial charge in [-0.25, -0.2) is 0 Å². The number of benzene rings is 2. The average molecular weight is 342 g/mol. The summed E-state index contributed by atoms with van der Waals surface area (Å²) in [5.74, 6) is 0.257. The Labute approximate surface area is 147 Å². The van der Waals surface area contributed by atoms with E-state index in [1.807, 2.05) is 32.0 Å². The number of aryl methyl sites for hydroxylation is 2. The molecular weight excluding hydrogens is 320 g/mol. The predicted molar refractivity (Wildman–Crippen MR) is 97.3 cm³/mol.